The maximum absolute atomic E-state index is 13.6. The minimum Gasteiger partial charge on any atom is -0.507 e. The summed E-state index contributed by atoms with van der Waals surface area (Å²) in [5.74, 6) is 0.394. The summed E-state index contributed by atoms with van der Waals surface area (Å²) in [6.45, 7) is 6.10. The fourth-order valence-electron chi connectivity index (χ4n) is 3.29. The standard InChI is InChI=1S/C26H31NO6/c1-15(2)7-12-19-20(28)13-21(29)22-23(30)26(32-14-16(3)27(4)5)24(33-25(19)22)17-8-10-18(31-6)11-9-17/h7-11,13,16,28-29H,12,14H2,1-6H3. The molecule has 1 unspecified atom stereocenters. The highest BCUT2D eigenvalue weighted by atomic mass is 16.5. The first-order valence-corrected chi connectivity index (χ1v) is 10.8. The monoisotopic (exact) mass is 453 g/mol. The number of ether oxygens (including phenoxy) is 2. The smallest absolute Gasteiger partial charge is 0.239 e. The molecule has 0 spiro atoms. The van der Waals surface area contributed by atoms with Crippen molar-refractivity contribution in [3.63, 3.8) is 0 Å². The van der Waals surface area contributed by atoms with Crippen LogP contribution >= 0.6 is 0 Å². The number of fused-ring (bicyclic) bond motifs is 1. The van der Waals surface area contributed by atoms with Gasteiger partial charge in [0.1, 0.15) is 34.8 Å². The van der Waals surface area contributed by atoms with E-state index in [4.69, 9.17) is 13.9 Å². The van der Waals surface area contributed by atoms with Gasteiger partial charge in [0.15, 0.2) is 5.76 Å². The number of aromatic hydroxyl groups is 2. The number of benzene rings is 2. The van der Waals surface area contributed by atoms with E-state index in [2.05, 4.69) is 0 Å². The molecule has 176 valence electrons. The molecule has 0 saturated heterocycles. The summed E-state index contributed by atoms with van der Waals surface area (Å²) >= 11 is 0. The molecule has 0 aliphatic carbocycles. The molecule has 0 amide bonds. The highest BCUT2D eigenvalue weighted by Crippen LogP contribution is 2.39. The normalized spacial score (nSPS) is 12.1. The van der Waals surface area contributed by atoms with E-state index >= 15 is 0 Å². The van der Waals surface area contributed by atoms with Crippen molar-refractivity contribution >= 4 is 11.0 Å². The number of allylic oxidation sites excluding steroid dienone is 2. The molecule has 0 aliphatic rings. The number of hydrogen-bond donors (Lipinski definition) is 2. The summed E-state index contributed by atoms with van der Waals surface area (Å²) in [5, 5.41) is 21.0. The maximum atomic E-state index is 13.6. The van der Waals surface area contributed by atoms with Crippen molar-refractivity contribution in [2.75, 3.05) is 27.8 Å². The van der Waals surface area contributed by atoms with E-state index in [1.807, 2.05) is 45.8 Å². The summed E-state index contributed by atoms with van der Waals surface area (Å²) in [4.78, 5) is 15.5. The molecule has 0 fully saturated rings. The van der Waals surface area contributed by atoms with Gasteiger partial charge in [-0.05, 0) is 65.6 Å². The van der Waals surface area contributed by atoms with Gasteiger partial charge in [0, 0.05) is 23.2 Å². The van der Waals surface area contributed by atoms with Crippen LogP contribution in [0.2, 0.25) is 0 Å². The Morgan fingerprint density at radius 2 is 1.82 bits per heavy atom. The lowest BCUT2D eigenvalue weighted by atomic mass is 10.0. The zero-order valence-corrected chi connectivity index (χ0v) is 19.9. The molecule has 3 aromatic rings. The van der Waals surface area contributed by atoms with Crippen LogP contribution in [0.1, 0.15) is 26.3 Å². The summed E-state index contributed by atoms with van der Waals surface area (Å²) < 4.78 is 17.4. The van der Waals surface area contributed by atoms with Gasteiger partial charge in [-0.3, -0.25) is 4.79 Å². The van der Waals surface area contributed by atoms with E-state index in [1.54, 1.807) is 31.4 Å². The molecule has 33 heavy (non-hydrogen) atoms. The molecule has 0 aliphatic heterocycles. The van der Waals surface area contributed by atoms with E-state index in [0.717, 1.165) is 5.57 Å². The Hall–Kier alpha value is -3.45. The second kappa shape index (κ2) is 10.0. The van der Waals surface area contributed by atoms with Crippen molar-refractivity contribution in [2.45, 2.75) is 33.2 Å². The van der Waals surface area contributed by atoms with Crippen LogP contribution in [0.3, 0.4) is 0 Å². The van der Waals surface area contributed by atoms with E-state index in [1.165, 1.54) is 6.07 Å². The van der Waals surface area contributed by atoms with Crippen LogP contribution in [-0.4, -0.2) is 49.0 Å². The zero-order valence-electron chi connectivity index (χ0n) is 19.9. The average molecular weight is 454 g/mol. The minimum atomic E-state index is -0.496. The van der Waals surface area contributed by atoms with Gasteiger partial charge >= 0.3 is 0 Å². The van der Waals surface area contributed by atoms with Gasteiger partial charge in [0.05, 0.1) is 7.11 Å². The molecule has 0 saturated carbocycles. The molecule has 2 aromatic carbocycles. The first-order chi connectivity index (χ1) is 15.6. The lowest BCUT2D eigenvalue weighted by Crippen LogP contribution is -2.31. The summed E-state index contributed by atoms with van der Waals surface area (Å²) in [7, 11) is 5.42. The quantitative estimate of drug-likeness (QED) is 0.477. The topological polar surface area (TPSA) is 92.4 Å². The second-order valence-corrected chi connectivity index (χ2v) is 8.52. The van der Waals surface area contributed by atoms with Crippen molar-refractivity contribution in [1.29, 1.82) is 0 Å². The molecule has 2 N–H and O–H groups in total. The lowest BCUT2D eigenvalue weighted by molar-refractivity contribution is 0.195. The van der Waals surface area contributed by atoms with Crippen LogP contribution in [0.4, 0.5) is 0 Å². The van der Waals surface area contributed by atoms with E-state index in [0.29, 0.717) is 23.3 Å². The van der Waals surface area contributed by atoms with Crippen LogP contribution in [0.15, 0.2) is 51.2 Å². The van der Waals surface area contributed by atoms with Gasteiger partial charge in [-0.15, -0.1) is 0 Å². The first kappa shape index (κ1) is 24.2. The van der Waals surface area contributed by atoms with Gasteiger partial charge < -0.3 is 29.0 Å². The highest BCUT2D eigenvalue weighted by molar-refractivity contribution is 5.91. The molecule has 1 atom stereocenters. The number of likely N-dealkylation sites (N-methyl/N-ethyl adjacent to an activating group) is 1. The minimum absolute atomic E-state index is 0.00974. The number of methoxy groups -OCH3 is 1. The summed E-state index contributed by atoms with van der Waals surface area (Å²) in [6.07, 6.45) is 2.26. The Morgan fingerprint density at radius 1 is 1.15 bits per heavy atom. The molecule has 3 rings (SSSR count). The maximum Gasteiger partial charge on any atom is 0.239 e. The van der Waals surface area contributed by atoms with Crippen molar-refractivity contribution in [3.8, 4) is 34.3 Å². The Balaban J connectivity index is 2.30. The molecule has 0 bridgehead atoms. The van der Waals surface area contributed by atoms with Crippen molar-refractivity contribution < 1.29 is 24.1 Å². The number of rotatable bonds is 8. The molecular formula is C26H31NO6. The third kappa shape index (κ3) is 5.14. The van der Waals surface area contributed by atoms with Crippen LogP contribution in [-0.2, 0) is 6.42 Å². The highest BCUT2D eigenvalue weighted by Gasteiger charge is 2.24. The van der Waals surface area contributed by atoms with E-state index < -0.39 is 5.43 Å². The van der Waals surface area contributed by atoms with Gasteiger partial charge in [0.2, 0.25) is 11.2 Å². The Bertz CT molecular complexity index is 1220. The average Bonchev–Trinajstić information content (AvgIpc) is 2.77. The molecule has 0 radical (unpaired) electrons. The lowest BCUT2D eigenvalue weighted by Gasteiger charge is -2.21. The third-order valence-corrected chi connectivity index (χ3v) is 5.60. The van der Waals surface area contributed by atoms with Crippen LogP contribution in [0, 0.1) is 0 Å². The SMILES string of the molecule is COc1ccc(-c2oc3c(CC=C(C)C)c(O)cc(O)c3c(=O)c2OCC(C)N(C)C)cc1. The molecule has 1 aromatic heterocycles. The van der Waals surface area contributed by atoms with Crippen molar-refractivity contribution in [2.24, 2.45) is 0 Å². The van der Waals surface area contributed by atoms with Gasteiger partial charge in [-0.2, -0.15) is 0 Å². The fraction of sp³-hybridized carbons (Fsp3) is 0.346. The summed E-state index contributed by atoms with van der Waals surface area (Å²) in [6, 6.07) is 8.26. The second-order valence-electron chi connectivity index (χ2n) is 8.52. The number of nitrogens with zero attached hydrogens (tertiary/aromatic N) is 1. The molecule has 7 nitrogen and oxygen atoms in total. The number of hydrogen-bond acceptors (Lipinski definition) is 7. The third-order valence-electron chi connectivity index (χ3n) is 5.60. The van der Waals surface area contributed by atoms with E-state index in [9.17, 15) is 15.0 Å². The Morgan fingerprint density at radius 3 is 2.39 bits per heavy atom. The first-order valence-electron chi connectivity index (χ1n) is 10.8. The number of phenolic OH excluding ortho intramolecular Hbond substituents is 2. The Labute approximate surface area is 193 Å². The van der Waals surface area contributed by atoms with Crippen molar-refractivity contribution in [3.05, 3.63) is 57.8 Å². The van der Waals surface area contributed by atoms with Gasteiger partial charge in [0.25, 0.3) is 0 Å². The van der Waals surface area contributed by atoms with Crippen LogP contribution in [0.25, 0.3) is 22.3 Å². The summed E-state index contributed by atoms with van der Waals surface area (Å²) in [5.41, 5.74) is 1.71. The van der Waals surface area contributed by atoms with Crippen LogP contribution < -0.4 is 14.9 Å². The zero-order chi connectivity index (χ0) is 24.3. The largest absolute Gasteiger partial charge is 0.507 e. The van der Waals surface area contributed by atoms with Crippen molar-refractivity contribution in [1.82, 2.24) is 4.90 Å². The molecule has 7 heteroatoms. The Kier molecular flexibility index (Phi) is 7.33. The van der Waals surface area contributed by atoms with Gasteiger partial charge in [-0.1, -0.05) is 11.6 Å². The van der Waals surface area contributed by atoms with Crippen LogP contribution in [0.5, 0.6) is 23.0 Å². The van der Waals surface area contributed by atoms with E-state index in [-0.39, 0.29) is 46.6 Å². The molecule has 1 heterocycles. The number of phenols is 2. The predicted octanol–water partition coefficient (Wildman–Crippen LogP) is 4.72. The predicted molar refractivity (Wildman–Crippen MR) is 130 cm³/mol. The fourth-order valence-corrected chi connectivity index (χ4v) is 3.29. The molecular weight excluding hydrogens is 422 g/mol. The van der Waals surface area contributed by atoms with Gasteiger partial charge in [-0.25, -0.2) is 0 Å².